The quantitative estimate of drug-likeness (QED) is 0.281. The predicted molar refractivity (Wildman–Crippen MR) is 145 cm³/mol. The van der Waals surface area contributed by atoms with Crippen LogP contribution in [0.25, 0.3) is 0 Å². The molecule has 0 saturated heterocycles. The van der Waals surface area contributed by atoms with E-state index in [1.165, 1.54) is 0 Å². The van der Waals surface area contributed by atoms with Crippen LogP contribution in [-0.4, -0.2) is 35.4 Å². The summed E-state index contributed by atoms with van der Waals surface area (Å²) < 4.78 is 5.76. The molecule has 0 radical (unpaired) electrons. The summed E-state index contributed by atoms with van der Waals surface area (Å²) in [5.74, 6) is 0.415. The number of benzene rings is 3. The molecule has 1 N–H and O–H groups in total. The molecule has 5 nitrogen and oxygen atoms in total. The molecule has 0 aliphatic carbocycles. The van der Waals surface area contributed by atoms with E-state index in [4.69, 9.17) is 27.9 Å². The molecule has 0 aliphatic heterocycles. The number of amides is 2. The number of halogens is 2. The van der Waals surface area contributed by atoms with E-state index in [9.17, 15) is 9.59 Å². The smallest absolute Gasteiger partial charge is 0.243 e. The molecule has 190 valence electrons. The Kier molecular flexibility index (Phi) is 10.6. The SMILES string of the molecule is CC(C)NC(=O)[C@H](Cc1ccccc1)N(Cc1ccc(Cl)cc1Cl)C(=O)CCCOc1ccccc1. The molecule has 0 fully saturated rings. The van der Waals surface area contributed by atoms with E-state index >= 15 is 0 Å². The number of nitrogens with zero attached hydrogens (tertiary/aromatic N) is 1. The third-order valence-corrected chi connectivity index (χ3v) is 6.19. The number of ether oxygens (including phenoxy) is 1. The summed E-state index contributed by atoms with van der Waals surface area (Å²) in [4.78, 5) is 28.6. The molecule has 36 heavy (non-hydrogen) atoms. The van der Waals surface area contributed by atoms with Crippen LogP contribution in [0.1, 0.15) is 37.8 Å². The van der Waals surface area contributed by atoms with Crippen LogP contribution in [-0.2, 0) is 22.6 Å². The molecular weight excluding hydrogens is 495 g/mol. The average Bonchev–Trinajstić information content (AvgIpc) is 2.86. The molecular formula is C29H32Cl2N2O3. The normalized spacial score (nSPS) is 11.7. The van der Waals surface area contributed by atoms with Crippen molar-refractivity contribution in [1.29, 1.82) is 0 Å². The standard InChI is InChI=1S/C29H32Cl2N2O3/c1-21(2)32-29(35)27(18-22-10-5-3-6-11-22)33(20-23-15-16-24(30)19-26(23)31)28(34)14-9-17-36-25-12-7-4-8-13-25/h3-8,10-13,15-16,19,21,27H,9,14,17-18,20H2,1-2H3,(H,32,35)/t27-/m0/s1. The summed E-state index contributed by atoms with van der Waals surface area (Å²) in [5.41, 5.74) is 1.69. The Labute approximate surface area is 223 Å². The molecule has 3 aromatic rings. The summed E-state index contributed by atoms with van der Waals surface area (Å²) in [6.07, 6.45) is 1.14. The molecule has 7 heteroatoms. The molecule has 0 heterocycles. The fourth-order valence-electron chi connectivity index (χ4n) is 3.84. The Morgan fingerprint density at radius 1 is 0.944 bits per heavy atom. The zero-order valence-corrected chi connectivity index (χ0v) is 22.1. The van der Waals surface area contributed by atoms with Gasteiger partial charge in [-0.1, -0.05) is 77.8 Å². The van der Waals surface area contributed by atoms with E-state index in [-0.39, 0.29) is 30.8 Å². The van der Waals surface area contributed by atoms with Gasteiger partial charge in [0.2, 0.25) is 11.8 Å². The first-order chi connectivity index (χ1) is 17.3. The number of hydrogen-bond acceptors (Lipinski definition) is 3. The summed E-state index contributed by atoms with van der Waals surface area (Å²) in [7, 11) is 0. The van der Waals surface area contributed by atoms with Gasteiger partial charge in [0.1, 0.15) is 11.8 Å². The Hall–Kier alpha value is -3.02. The summed E-state index contributed by atoms with van der Waals surface area (Å²) in [5, 5.41) is 3.95. The van der Waals surface area contributed by atoms with Crippen LogP contribution in [0, 0.1) is 0 Å². The first kappa shape index (κ1) is 27.6. The number of rotatable bonds is 12. The summed E-state index contributed by atoms with van der Waals surface area (Å²) >= 11 is 12.5. The topological polar surface area (TPSA) is 58.6 Å². The monoisotopic (exact) mass is 526 g/mol. The van der Waals surface area contributed by atoms with Crippen molar-refractivity contribution < 1.29 is 14.3 Å². The van der Waals surface area contributed by atoms with Crippen molar-refractivity contribution in [1.82, 2.24) is 10.2 Å². The molecule has 3 rings (SSSR count). The maximum atomic E-state index is 13.6. The lowest BCUT2D eigenvalue weighted by molar-refractivity contribution is -0.141. The van der Waals surface area contributed by atoms with Gasteiger partial charge in [0.05, 0.1) is 6.61 Å². The fourth-order valence-corrected chi connectivity index (χ4v) is 4.31. The van der Waals surface area contributed by atoms with E-state index in [0.29, 0.717) is 29.5 Å². The molecule has 0 spiro atoms. The van der Waals surface area contributed by atoms with Crippen LogP contribution >= 0.6 is 23.2 Å². The fraction of sp³-hybridized carbons (Fsp3) is 0.310. The van der Waals surface area contributed by atoms with Gasteiger partial charge in [-0.15, -0.1) is 0 Å². The summed E-state index contributed by atoms with van der Waals surface area (Å²) in [6.45, 7) is 4.39. The Morgan fingerprint density at radius 3 is 2.25 bits per heavy atom. The number of carbonyl (C=O) groups is 2. The first-order valence-corrected chi connectivity index (χ1v) is 12.8. The van der Waals surface area contributed by atoms with Gasteiger partial charge >= 0.3 is 0 Å². The van der Waals surface area contributed by atoms with Gasteiger partial charge in [-0.3, -0.25) is 9.59 Å². The first-order valence-electron chi connectivity index (χ1n) is 12.1. The van der Waals surface area contributed by atoms with Crippen LogP contribution in [0.5, 0.6) is 5.75 Å². The van der Waals surface area contributed by atoms with Crippen molar-refractivity contribution in [2.45, 2.75) is 51.7 Å². The van der Waals surface area contributed by atoms with E-state index < -0.39 is 6.04 Å². The van der Waals surface area contributed by atoms with Crippen LogP contribution in [0.3, 0.4) is 0 Å². The maximum absolute atomic E-state index is 13.6. The summed E-state index contributed by atoms with van der Waals surface area (Å²) in [6, 6.07) is 23.6. The van der Waals surface area contributed by atoms with Crippen LogP contribution < -0.4 is 10.1 Å². The Balaban J connectivity index is 1.82. The minimum atomic E-state index is -0.705. The Bertz CT molecular complexity index is 1120. The number of nitrogens with one attached hydrogen (secondary N) is 1. The van der Waals surface area contributed by atoms with Gasteiger partial charge in [0.15, 0.2) is 0 Å². The highest BCUT2D eigenvalue weighted by Crippen LogP contribution is 2.24. The molecule has 0 bridgehead atoms. The van der Waals surface area contributed by atoms with E-state index in [2.05, 4.69) is 5.32 Å². The van der Waals surface area contributed by atoms with Crippen molar-refractivity contribution in [3.05, 3.63) is 100 Å². The van der Waals surface area contributed by atoms with Crippen LogP contribution in [0.2, 0.25) is 10.0 Å². The van der Waals surface area contributed by atoms with Crippen LogP contribution in [0.15, 0.2) is 78.9 Å². The lowest BCUT2D eigenvalue weighted by Gasteiger charge is -2.32. The second-order valence-electron chi connectivity index (χ2n) is 8.89. The lowest BCUT2D eigenvalue weighted by atomic mass is 10.0. The number of para-hydroxylation sites is 1. The second kappa shape index (κ2) is 13.9. The van der Waals surface area contributed by atoms with Gasteiger partial charge in [-0.05, 0) is 55.7 Å². The van der Waals surface area contributed by atoms with Gasteiger partial charge in [-0.2, -0.15) is 0 Å². The molecule has 2 amide bonds. The van der Waals surface area contributed by atoms with Gasteiger partial charge in [-0.25, -0.2) is 0 Å². The van der Waals surface area contributed by atoms with Gasteiger partial charge < -0.3 is 15.0 Å². The predicted octanol–water partition coefficient (Wildman–Crippen LogP) is 6.32. The zero-order valence-electron chi connectivity index (χ0n) is 20.6. The molecule has 0 aromatic heterocycles. The average molecular weight is 527 g/mol. The van der Waals surface area contributed by atoms with E-state index in [1.54, 1.807) is 23.1 Å². The van der Waals surface area contributed by atoms with Crippen molar-refractivity contribution in [3.63, 3.8) is 0 Å². The van der Waals surface area contributed by atoms with Crippen molar-refractivity contribution in [2.24, 2.45) is 0 Å². The van der Waals surface area contributed by atoms with E-state index in [0.717, 1.165) is 16.9 Å². The van der Waals surface area contributed by atoms with Gasteiger partial charge in [0, 0.05) is 35.5 Å². The highest BCUT2D eigenvalue weighted by atomic mass is 35.5. The number of hydrogen-bond donors (Lipinski definition) is 1. The number of carbonyl (C=O) groups excluding carboxylic acids is 2. The van der Waals surface area contributed by atoms with E-state index in [1.807, 2.05) is 74.5 Å². The minimum absolute atomic E-state index is 0.0638. The third-order valence-electron chi connectivity index (χ3n) is 5.60. The zero-order chi connectivity index (χ0) is 25.9. The molecule has 3 aromatic carbocycles. The van der Waals surface area contributed by atoms with Crippen LogP contribution in [0.4, 0.5) is 0 Å². The molecule has 0 saturated carbocycles. The largest absolute Gasteiger partial charge is 0.494 e. The minimum Gasteiger partial charge on any atom is -0.494 e. The Morgan fingerprint density at radius 2 is 1.61 bits per heavy atom. The third kappa shape index (κ3) is 8.58. The van der Waals surface area contributed by atoms with Gasteiger partial charge in [0.25, 0.3) is 0 Å². The highest BCUT2D eigenvalue weighted by molar-refractivity contribution is 6.35. The molecule has 0 aliphatic rings. The van der Waals surface area contributed by atoms with Crippen molar-refractivity contribution in [2.75, 3.05) is 6.61 Å². The highest BCUT2D eigenvalue weighted by Gasteiger charge is 2.31. The molecule has 1 atom stereocenters. The molecule has 0 unspecified atom stereocenters. The van der Waals surface area contributed by atoms with Crippen molar-refractivity contribution >= 4 is 35.0 Å². The lowest BCUT2D eigenvalue weighted by Crippen LogP contribution is -2.51. The maximum Gasteiger partial charge on any atom is 0.243 e. The van der Waals surface area contributed by atoms with Crippen molar-refractivity contribution in [3.8, 4) is 5.75 Å². The second-order valence-corrected chi connectivity index (χ2v) is 9.73.